The number of nitrogens with zero attached hydrogens (tertiary/aromatic N) is 3. The second-order valence-corrected chi connectivity index (χ2v) is 7.91. The number of hydrogen-bond donors (Lipinski definition) is 3. The van der Waals surface area contributed by atoms with E-state index in [9.17, 15) is 23.1 Å². The van der Waals surface area contributed by atoms with Gasteiger partial charge in [-0.15, -0.1) is 0 Å². The van der Waals surface area contributed by atoms with E-state index in [1.807, 2.05) is 0 Å². The van der Waals surface area contributed by atoms with Gasteiger partial charge in [0.2, 0.25) is 11.6 Å². The van der Waals surface area contributed by atoms with Crippen LogP contribution in [-0.2, 0) is 11.0 Å². The van der Waals surface area contributed by atoms with Crippen molar-refractivity contribution in [3.8, 4) is 40.0 Å². The van der Waals surface area contributed by atoms with Gasteiger partial charge in [-0.25, -0.2) is 0 Å². The number of rotatable bonds is 6. The summed E-state index contributed by atoms with van der Waals surface area (Å²) in [5.74, 6) is -2.04. The number of aliphatic hydroxyl groups excluding tert-OH is 1. The number of nitrogens with one attached hydrogen (secondary N) is 1. The maximum Gasteiger partial charge on any atom is 0.422 e. The molecule has 2 aromatic carbocycles. The molecule has 36 heavy (non-hydrogen) atoms. The Balaban J connectivity index is 1.45. The van der Waals surface area contributed by atoms with Crippen molar-refractivity contribution >= 4 is 5.97 Å². The lowest BCUT2D eigenvalue weighted by Crippen LogP contribution is -2.44. The van der Waals surface area contributed by atoms with E-state index in [0.717, 1.165) is 0 Å². The average molecular weight is 502 g/mol. The molecule has 0 radical (unpaired) electrons. The number of aliphatic carboxylic acids is 1. The molecule has 3 heterocycles. The number of fused-ring (bicyclic) bond motifs is 1. The standard InChI is InChI=1S/C23H17F3N4O6/c24-23(25,26)17-18(11-4-2-1-3-5-11)29-35-20(17)22-28-21(30-36-22)12-6-7-13-15(8-12)34-10-14(19(13)33)27-9-16(31)32/h1-8,14,19,27,33H,9-10H2,(H,31,32)/t14-,19-/m0/s1. The zero-order valence-electron chi connectivity index (χ0n) is 18.2. The SMILES string of the molecule is O=C(O)CN[C@H]1COc2cc(-c3noc(-c4onc(-c5ccccc5)c4C(F)(F)F)n3)ccc2[C@@H]1O. The minimum absolute atomic E-state index is 0.00232. The van der Waals surface area contributed by atoms with Gasteiger partial charge in [-0.3, -0.25) is 10.1 Å². The van der Waals surface area contributed by atoms with Crippen LogP contribution in [0.4, 0.5) is 13.2 Å². The molecular weight excluding hydrogens is 485 g/mol. The predicted octanol–water partition coefficient (Wildman–Crippen LogP) is 3.55. The summed E-state index contributed by atoms with van der Waals surface area (Å²) in [6, 6.07) is 11.7. The maximum atomic E-state index is 13.9. The molecule has 10 nitrogen and oxygen atoms in total. The van der Waals surface area contributed by atoms with Crippen LogP contribution in [0.3, 0.4) is 0 Å². The topological polar surface area (TPSA) is 144 Å². The molecule has 186 valence electrons. The summed E-state index contributed by atoms with van der Waals surface area (Å²) in [4.78, 5) is 14.8. The van der Waals surface area contributed by atoms with Gasteiger partial charge >= 0.3 is 12.1 Å². The van der Waals surface area contributed by atoms with Gasteiger partial charge in [0.15, 0.2) is 0 Å². The fourth-order valence-electron chi connectivity index (χ4n) is 3.84. The fourth-order valence-corrected chi connectivity index (χ4v) is 3.84. The first-order chi connectivity index (χ1) is 17.2. The molecular formula is C23H17F3N4O6. The van der Waals surface area contributed by atoms with Crippen LogP contribution in [0.2, 0.25) is 0 Å². The van der Waals surface area contributed by atoms with Crippen LogP contribution in [-0.4, -0.2) is 50.7 Å². The van der Waals surface area contributed by atoms with Crippen molar-refractivity contribution in [3.63, 3.8) is 0 Å². The number of carboxylic acid groups (broad SMARTS) is 1. The number of ether oxygens (including phenoxy) is 1. The van der Waals surface area contributed by atoms with Crippen molar-refractivity contribution in [2.24, 2.45) is 0 Å². The Morgan fingerprint density at radius 2 is 1.86 bits per heavy atom. The normalized spacial score (nSPS) is 17.4. The Hall–Kier alpha value is -4.23. The van der Waals surface area contributed by atoms with Crippen LogP contribution < -0.4 is 10.1 Å². The number of halogens is 3. The van der Waals surface area contributed by atoms with E-state index in [1.54, 1.807) is 18.2 Å². The minimum atomic E-state index is -4.81. The van der Waals surface area contributed by atoms with Gasteiger partial charge in [-0.2, -0.15) is 18.2 Å². The number of benzene rings is 2. The molecule has 3 N–H and O–H groups in total. The van der Waals surface area contributed by atoms with Crippen LogP contribution in [0.1, 0.15) is 17.2 Å². The van der Waals surface area contributed by atoms with Gasteiger partial charge in [-0.05, 0) is 6.07 Å². The number of carbonyl (C=O) groups is 1. The summed E-state index contributed by atoms with van der Waals surface area (Å²) in [6.45, 7) is -0.352. The van der Waals surface area contributed by atoms with Crippen molar-refractivity contribution in [1.82, 2.24) is 20.6 Å². The summed E-state index contributed by atoms with van der Waals surface area (Å²) >= 11 is 0. The van der Waals surface area contributed by atoms with E-state index in [2.05, 4.69) is 20.6 Å². The Labute approximate surface area is 200 Å². The molecule has 0 saturated carbocycles. The lowest BCUT2D eigenvalue weighted by Gasteiger charge is -2.30. The number of carboxylic acids is 1. The molecule has 4 aromatic rings. The fraction of sp³-hybridized carbons (Fsp3) is 0.217. The zero-order valence-corrected chi connectivity index (χ0v) is 18.2. The van der Waals surface area contributed by atoms with Gasteiger partial charge in [-0.1, -0.05) is 52.8 Å². The third kappa shape index (κ3) is 4.41. The largest absolute Gasteiger partial charge is 0.491 e. The molecule has 0 bridgehead atoms. The molecule has 2 aromatic heterocycles. The second-order valence-electron chi connectivity index (χ2n) is 7.91. The molecule has 1 aliphatic heterocycles. The molecule has 0 spiro atoms. The monoisotopic (exact) mass is 502 g/mol. The number of alkyl halides is 3. The lowest BCUT2D eigenvalue weighted by molar-refractivity contribution is -0.137. The first-order valence-electron chi connectivity index (χ1n) is 10.6. The third-order valence-corrected chi connectivity index (χ3v) is 5.55. The highest BCUT2D eigenvalue weighted by Crippen LogP contribution is 2.43. The smallest absolute Gasteiger partial charge is 0.422 e. The second kappa shape index (κ2) is 9.09. The van der Waals surface area contributed by atoms with E-state index in [0.29, 0.717) is 16.9 Å². The van der Waals surface area contributed by atoms with Crippen molar-refractivity contribution in [1.29, 1.82) is 0 Å². The van der Waals surface area contributed by atoms with E-state index >= 15 is 0 Å². The predicted molar refractivity (Wildman–Crippen MR) is 116 cm³/mol. The van der Waals surface area contributed by atoms with Crippen molar-refractivity contribution in [2.75, 3.05) is 13.2 Å². The molecule has 2 atom stereocenters. The zero-order chi connectivity index (χ0) is 25.4. The first-order valence-corrected chi connectivity index (χ1v) is 10.6. The van der Waals surface area contributed by atoms with Gasteiger partial charge < -0.3 is 24.0 Å². The average Bonchev–Trinajstić information content (AvgIpc) is 3.51. The molecule has 0 saturated heterocycles. The van der Waals surface area contributed by atoms with Crippen molar-refractivity contribution in [2.45, 2.75) is 18.3 Å². The summed E-state index contributed by atoms with van der Waals surface area (Å²) in [5, 5.41) is 29.4. The van der Waals surface area contributed by atoms with E-state index < -0.39 is 47.2 Å². The summed E-state index contributed by atoms with van der Waals surface area (Å²) in [5.41, 5.74) is -0.579. The van der Waals surface area contributed by atoms with E-state index in [-0.39, 0.29) is 24.5 Å². The quantitative estimate of drug-likeness (QED) is 0.358. The van der Waals surface area contributed by atoms with Crippen LogP contribution in [0.5, 0.6) is 5.75 Å². The van der Waals surface area contributed by atoms with E-state index in [4.69, 9.17) is 18.9 Å². The summed E-state index contributed by atoms with van der Waals surface area (Å²) in [7, 11) is 0. The van der Waals surface area contributed by atoms with Crippen LogP contribution in [0.25, 0.3) is 34.3 Å². The van der Waals surface area contributed by atoms with Crippen molar-refractivity contribution < 1.29 is 42.0 Å². The highest BCUT2D eigenvalue weighted by atomic mass is 19.4. The molecule has 0 fully saturated rings. The highest BCUT2D eigenvalue weighted by molar-refractivity contribution is 5.71. The lowest BCUT2D eigenvalue weighted by atomic mass is 9.97. The van der Waals surface area contributed by atoms with Gasteiger partial charge in [0.25, 0.3) is 5.89 Å². The third-order valence-electron chi connectivity index (χ3n) is 5.55. The summed E-state index contributed by atoms with van der Waals surface area (Å²) in [6.07, 6.45) is -5.85. The molecule has 0 amide bonds. The number of hydrogen-bond acceptors (Lipinski definition) is 9. The van der Waals surface area contributed by atoms with Crippen LogP contribution in [0.15, 0.2) is 57.6 Å². The van der Waals surface area contributed by atoms with Crippen molar-refractivity contribution in [3.05, 3.63) is 59.7 Å². The van der Waals surface area contributed by atoms with Crippen LogP contribution in [0, 0.1) is 0 Å². The summed E-state index contributed by atoms with van der Waals surface area (Å²) < 4.78 is 57.5. The Morgan fingerprint density at radius 3 is 2.58 bits per heavy atom. The molecule has 0 aliphatic carbocycles. The van der Waals surface area contributed by atoms with Gasteiger partial charge in [0, 0.05) is 16.7 Å². The number of aliphatic hydroxyl groups is 1. The molecule has 13 heteroatoms. The minimum Gasteiger partial charge on any atom is -0.491 e. The Kier molecular flexibility index (Phi) is 5.94. The van der Waals surface area contributed by atoms with Crippen LogP contribution >= 0.6 is 0 Å². The van der Waals surface area contributed by atoms with Gasteiger partial charge in [0.1, 0.15) is 29.7 Å². The Bertz CT molecular complexity index is 1400. The highest BCUT2D eigenvalue weighted by Gasteiger charge is 2.43. The molecule has 1 aliphatic rings. The Morgan fingerprint density at radius 1 is 1.08 bits per heavy atom. The molecule has 0 unspecified atom stereocenters. The first kappa shape index (κ1) is 23.5. The number of aromatic nitrogens is 3. The van der Waals surface area contributed by atoms with Gasteiger partial charge in [0.05, 0.1) is 12.6 Å². The maximum absolute atomic E-state index is 13.9. The molecule has 5 rings (SSSR count). The van der Waals surface area contributed by atoms with E-state index in [1.165, 1.54) is 30.3 Å².